The Hall–Kier alpha value is -1.59. The minimum atomic E-state index is -0.857. The molecule has 1 rings (SSSR count). The molecule has 106 valence electrons. The molecule has 0 bridgehead atoms. The van der Waals surface area contributed by atoms with Gasteiger partial charge in [0.05, 0.1) is 5.60 Å². The van der Waals surface area contributed by atoms with Crippen LogP contribution in [0.3, 0.4) is 0 Å². The third-order valence-corrected chi connectivity index (χ3v) is 2.95. The predicted octanol–water partition coefficient (Wildman–Crippen LogP) is 1.67. The number of carbonyl (C=O) groups is 1. The molecule has 0 radical (unpaired) electrons. The maximum atomic E-state index is 11.3. The maximum Gasteiger partial charge on any atom is 0.161 e. The van der Waals surface area contributed by atoms with E-state index in [0.29, 0.717) is 30.8 Å². The standard InChI is InChI=1S/C14H22N2O3/c1-10(17)12-5-4-11(8-13(12)15)16-9-14(2,18)6-7-19-3/h4-5,8,16,18H,6-7,9,15H2,1-3H3. The molecule has 0 aliphatic heterocycles. The summed E-state index contributed by atoms with van der Waals surface area (Å²) in [6.07, 6.45) is 0.539. The van der Waals surface area contributed by atoms with Gasteiger partial charge in [0.25, 0.3) is 0 Å². The van der Waals surface area contributed by atoms with Crippen LogP contribution in [0.4, 0.5) is 11.4 Å². The Morgan fingerprint density at radius 3 is 2.74 bits per heavy atom. The first kappa shape index (κ1) is 15.5. The number of aliphatic hydroxyl groups is 1. The van der Waals surface area contributed by atoms with Crippen LogP contribution >= 0.6 is 0 Å². The van der Waals surface area contributed by atoms with Crippen LogP contribution in [-0.2, 0) is 4.74 Å². The van der Waals surface area contributed by atoms with Crippen LogP contribution in [0, 0.1) is 0 Å². The number of Topliss-reactive ketones (excluding diaryl/α,β-unsaturated/α-hetero) is 1. The number of nitrogen functional groups attached to an aromatic ring is 1. The maximum absolute atomic E-state index is 11.3. The van der Waals surface area contributed by atoms with E-state index in [1.807, 2.05) is 0 Å². The van der Waals surface area contributed by atoms with E-state index in [1.54, 1.807) is 32.2 Å². The molecule has 0 aromatic heterocycles. The molecule has 0 saturated heterocycles. The SMILES string of the molecule is COCCC(C)(O)CNc1ccc(C(C)=O)c(N)c1. The van der Waals surface area contributed by atoms with Crippen molar-refractivity contribution in [2.45, 2.75) is 25.9 Å². The van der Waals surface area contributed by atoms with Crippen molar-refractivity contribution in [1.29, 1.82) is 0 Å². The van der Waals surface area contributed by atoms with Gasteiger partial charge in [0.15, 0.2) is 5.78 Å². The summed E-state index contributed by atoms with van der Waals surface area (Å²) >= 11 is 0. The van der Waals surface area contributed by atoms with Crippen molar-refractivity contribution in [3.05, 3.63) is 23.8 Å². The van der Waals surface area contributed by atoms with Crippen molar-refractivity contribution in [2.24, 2.45) is 0 Å². The van der Waals surface area contributed by atoms with E-state index in [2.05, 4.69) is 5.32 Å². The van der Waals surface area contributed by atoms with Crippen molar-refractivity contribution in [3.8, 4) is 0 Å². The molecule has 0 spiro atoms. The van der Waals surface area contributed by atoms with Crippen molar-refractivity contribution in [1.82, 2.24) is 0 Å². The second-order valence-electron chi connectivity index (χ2n) is 4.95. The van der Waals surface area contributed by atoms with E-state index in [9.17, 15) is 9.90 Å². The number of rotatable bonds is 7. The Labute approximate surface area is 113 Å². The average Bonchev–Trinajstić information content (AvgIpc) is 2.34. The number of anilines is 2. The van der Waals surface area contributed by atoms with Crippen LogP contribution in [0.1, 0.15) is 30.6 Å². The summed E-state index contributed by atoms with van der Waals surface area (Å²) in [6, 6.07) is 5.16. The Bertz CT molecular complexity index is 444. The Balaban J connectivity index is 2.63. The number of hydrogen-bond acceptors (Lipinski definition) is 5. The predicted molar refractivity (Wildman–Crippen MR) is 76.5 cm³/mol. The number of ether oxygens (including phenoxy) is 1. The Kier molecular flexibility index (Phi) is 5.32. The molecule has 5 heteroatoms. The van der Waals surface area contributed by atoms with Crippen LogP contribution in [-0.4, -0.2) is 36.8 Å². The van der Waals surface area contributed by atoms with Crippen LogP contribution in [0.5, 0.6) is 0 Å². The summed E-state index contributed by atoms with van der Waals surface area (Å²) in [7, 11) is 1.60. The Morgan fingerprint density at radius 2 is 2.21 bits per heavy atom. The summed E-state index contributed by atoms with van der Waals surface area (Å²) in [6.45, 7) is 4.11. The lowest BCUT2D eigenvalue weighted by atomic mass is 10.0. The molecule has 1 atom stereocenters. The van der Waals surface area contributed by atoms with Gasteiger partial charge in [0.2, 0.25) is 0 Å². The van der Waals surface area contributed by atoms with Gasteiger partial charge in [-0.1, -0.05) is 0 Å². The largest absolute Gasteiger partial charge is 0.398 e. The van der Waals surface area contributed by atoms with Crippen LogP contribution < -0.4 is 11.1 Å². The number of benzene rings is 1. The molecule has 0 aliphatic carbocycles. The number of nitrogens with one attached hydrogen (secondary N) is 1. The summed E-state index contributed by atoms with van der Waals surface area (Å²) in [5.41, 5.74) is 6.67. The van der Waals surface area contributed by atoms with Gasteiger partial charge in [0.1, 0.15) is 0 Å². The van der Waals surface area contributed by atoms with Crippen LogP contribution in [0.2, 0.25) is 0 Å². The molecule has 0 saturated carbocycles. The van der Waals surface area contributed by atoms with Gasteiger partial charge in [-0.15, -0.1) is 0 Å². The number of hydrogen-bond donors (Lipinski definition) is 3. The summed E-state index contributed by atoms with van der Waals surface area (Å²) in [5, 5.41) is 13.2. The third-order valence-electron chi connectivity index (χ3n) is 2.95. The highest BCUT2D eigenvalue weighted by Crippen LogP contribution is 2.19. The molecule has 0 heterocycles. The lowest BCUT2D eigenvalue weighted by Gasteiger charge is -2.24. The van der Waals surface area contributed by atoms with Gasteiger partial charge in [0, 0.05) is 43.6 Å². The normalized spacial score (nSPS) is 13.9. The minimum absolute atomic E-state index is 0.0591. The molecule has 0 amide bonds. The number of ketones is 1. The lowest BCUT2D eigenvalue weighted by Crippen LogP contribution is -2.34. The summed E-state index contributed by atoms with van der Waals surface area (Å²) < 4.78 is 4.95. The van der Waals surface area contributed by atoms with Gasteiger partial charge in [-0.3, -0.25) is 4.79 Å². The molecular formula is C14H22N2O3. The molecule has 5 nitrogen and oxygen atoms in total. The van der Waals surface area contributed by atoms with Gasteiger partial charge in [-0.25, -0.2) is 0 Å². The first-order valence-corrected chi connectivity index (χ1v) is 6.21. The molecule has 0 fully saturated rings. The van der Waals surface area contributed by atoms with Crippen LogP contribution in [0.15, 0.2) is 18.2 Å². The van der Waals surface area contributed by atoms with Crippen molar-refractivity contribution >= 4 is 17.2 Å². The molecule has 1 unspecified atom stereocenters. The molecule has 1 aromatic rings. The molecular weight excluding hydrogens is 244 g/mol. The van der Waals surface area contributed by atoms with E-state index in [0.717, 1.165) is 5.69 Å². The van der Waals surface area contributed by atoms with Gasteiger partial charge < -0.3 is 20.9 Å². The van der Waals surface area contributed by atoms with E-state index >= 15 is 0 Å². The highest BCUT2D eigenvalue weighted by molar-refractivity contribution is 5.99. The van der Waals surface area contributed by atoms with Crippen LogP contribution in [0.25, 0.3) is 0 Å². The topological polar surface area (TPSA) is 84.6 Å². The monoisotopic (exact) mass is 266 g/mol. The van der Waals surface area contributed by atoms with E-state index in [4.69, 9.17) is 10.5 Å². The molecule has 1 aromatic carbocycles. The highest BCUT2D eigenvalue weighted by atomic mass is 16.5. The second kappa shape index (κ2) is 6.54. The van der Waals surface area contributed by atoms with E-state index in [-0.39, 0.29) is 5.78 Å². The van der Waals surface area contributed by atoms with Crippen molar-refractivity contribution in [3.63, 3.8) is 0 Å². The first-order valence-electron chi connectivity index (χ1n) is 6.21. The zero-order valence-corrected chi connectivity index (χ0v) is 11.7. The number of nitrogens with two attached hydrogens (primary N) is 1. The fourth-order valence-electron chi connectivity index (χ4n) is 1.70. The van der Waals surface area contributed by atoms with Gasteiger partial charge in [-0.2, -0.15) is 0 Å². The summed E-state index contributed by atoms with van der Waals surface area (Å²) in [5.74, 6) is -0.0591. The first-order chi connectivity index (χ1) is 8.85. The zero-order chi connectivity index (χ0) is 14.5. The van der Waals surface area contributed by atoms with Gasteiger partial charge >= 0.3 is 0 Å². The fraction of sp³-hybridized carbons (Fsp3) is 0.500. The van der Waals surface area contributed by atoms with Crippen molar-refractivity contribution in [2.75, 3.05) is 31.3 Å². The number of carbonyl (C=O) groups excluding carboxylic acids is 1. The third kappa shape index (κ3) is 4.89. The lowest BCUT2D eigenvalue weighted by molar-refractivity contribution is 0.0357. The van der Waals surface area contributed by atoms with E-state index in [1.165, 1.54) is 6.92 Å². The highest BCUT2D eigenvalue weighted by Gasteiger charge is 2.19. The molecule has 19 heavy (non-hydrogen) atoms. The summed E-state index contributed by atoms with van der Waals surface area (Å²) in [4.78, 5) is 11.3. The quantitative estimate of drug-likeness (QED) is 0.516. The minimum Gasteiger partial charge on any atom is -0.398 e. The second-order valence-corrected chi connectivity index (χ2v) is 4.95. The molecule has 0 aliphatic rings. The number of methoxy groups -OCH3 is 1. The molecule has 4 N–H and O–H groups in total. The fourth-order valence-corrected chi connectivity index (χ4v) is 1.70. The Morgan fingerprint density at radius 1 is 1.53 bits per heavy atom. The van der Waals surface area contributed by atoms with E-state index < -0.39 is 5.60 Å². The smallest absolute Gasteiger partial charge is 0.161 e. The van der Waals surface area contributed by atoms with Crippen molar-refractivity contribution < 1.29 is 14.6 Å². The zero-order valence-electron chi connectivity index (χ0n) is 11.7. The van der Waals surface area contributed by atoms with Gasteiger partial charge in [-0.05, 0) is 32.0 Å². The average molecular weight is 266 g/mol.